The van der Waals surface area contributed by atoms with E-state index in [4.69, 9.17) is 32.7 Å². The zero-order valence-corrected chi connectivity index (χ0v) is 19.1. The monoisotopic (exact) mass is 452 g/mol. The fraction of sp³-hybridized carbons (Fsp3) is 0.192. The number of fused-ring (bicyclic) bond motifs is 1. The summed E-state index contributed by atoms with van der Waals surface area (Å²) in [5.74, 6) is 1.72. The van der Waals surface area contributed by atoms with Gasteiger partial charge in [-0.05, 0) is 53.8 Å². The largest absolute Gasteiger partial charge is 0.489 e. The van der Waals surface area contributed by atoms with Crippen molar-refractivity contribution in [3.63, 3.8) is 0 Å². The van der Waals surface area contributed by atoms with Crippen molar-refractivity contribution in [2.75, 3.05) is 0 Å². The smallest absolute Gasteiger partial charge is 0.232 e. The number of ether oxygens (including phenoxy) is 2. The van der Waals surface area contributed by atoms with Gasteiger partial charge in [-0.25, -0.2) is 0 Å². The van der Waals surface area contributed by atoms with Gasteiger partial charge in [-0.3, -0.25) is 4.79 Å². The fourth-order valence-electron chi connectivity index (χ4n) is 3.51. The van der Waals surface area contributed by atoms with Crippen LogP contribution in [0.5, 0.6) is 11.5 Å². The summed E-state index contributed by atoms with van der Waals surface area (Å²) in [4.78, 5) is 12.9. The lowest BCUT2D eigenvalue weighted by molar-refractivity contribution is 0.101. The first kappa shape index (κ1) is 21.5. The third-order valence-electron chi connectivity index (χ3n) is 5.29. The van der Waals surface area contributed by atoms with Gasteiger partial charge in [0.1, 0.15) is 18.1 Å². The number of Topliss-reactive ketones (excluding diaryl/α,β-unsaturated/α-hetero) is 1. The molecule has 158 valence electrons. The van der Waals surface area contributed by atoms with Crippen LogP contribution >= 0.6 is 23.2 Å². The molecule has 3 aromatic rings. The maximum absolute atomic E-state index is 12.9. The van der Waals surface area contributed by atoms with Gasteiger partial charge < -0.3 is 9.47 Å². The average Bonchev–Trinajstić information content (AvgIpc) is 3.03. The van der Waals surface area contributed by atoms with Crippen molar-refractivity contribution in [1.82, 2.24) is 0 Å². The van der Waals surface area contributed by atoms with Crippen LogP contribution in [-0.2, 0) is 6.61 Å². The van der Waals surface area contributed by atoms with E-state index in [1.54, 1.807) is 30.3 Å². The molecule has 0 fully saturated rings. The van der Waals surface area contributed by atoms with Gasteiger partial charge in [0.25, 0.3) is 0 Å². The van der Waals surface area contributed by atoms with E-state index in [0.29, 0.717) is 44.3 Å². The van der Waals surface area contributed by atoms with Crippen LogP contribution in [0.2, 0.25) is 10.0 Å². The second kappa shape index (κ2) is 8.78. The van der Waals surface area contributed by atoms with E-state index in [0.717, 1.165) is 11.1 Å². The molecule has 0 saturated carbocycles. The van der Waals surface area contributed by atoms with E-state index < -0.39 is 0 Å². The Hall–Kier alpha value is -2.75. The minimum absolute atomic E-state index is 0.124. The van der Waals surface area contributed by atoms with Crippen LogP contribution in [-0.4, -0.2) is 5.78 Å². The molecule has 3 aromatic carbocycles. The van der Waals surface area contributed by atoms with E-state index in [-0.39, 0.29) is 12.4 Å². The van der Waals surface area contributed by atoms with E-state index in [2.05, 4.69) is 26.0 Å². The molecule has 1 aliphatic heterocycles. The standard InChI is InChI=1S/C26H22Cl2O3/c1-15(2)18-9-7-17(8-10-18)12-24-26(29)25-16(3)11-19(13-23(25)31-24)30-14-20-21(27)5-4-6-22(20)28/h4-13,15H,14H2,1-3H3/b24-12-. The number of carbonyl (C=O) groups is 1. The number of aryl methyl sites for hydroxylation is 1. The Labute approximate surface area is 192 Å². The Kier molecular flexibility index (Phi) is 6.08. The van der Waals surface area contributed by atoms with Crippen LogP contribution in [0.25, 0.3) is 6.08 Å². The van der Waals surface area contributed by atoms with Crippen molar-refractivity contribution >= 4 is 35.1 Å². The molecule has 0 radical (unpaired) electrons. The first-order valence-corrected chi connectivity index (χ1v) is 10.8. The Morgan fingerprint density at radius 2 is 1.71 bits per heavy atom. The third kappa shape index (κ3) is 4.48. The highest BCUT2D eigenvalue weighted by atomic mass is 35.5. The molecule has 0 aromatic heterocycles. The molecule has 0 spiro atoms. The quantitative estimate of drug-likeness (QED) is 0.373. The molecule has 0 aliphatic carbocycles. The fourth-order valence-corrected chi connectivity index (χ4v) is 4.02. The summed E-state index contributed by atoms with van der Waals surface area (Å²) in [5, 5.41) is 1.09. The number of hydrogen-bond acceptors (Lipinski definition) is 3. The number of benzene rings is 3. The summed E-state index contributed by atoms with van der Waals surface area (Å²) in [7, 11) is 0. The van der Waals surface area contributed by atoms with Gasteiger partial charge >= 0.3 is 0 Å². The zero-order chi connectivity index (χ0) is 22.1. The molecule has 0 unspecified atom stereocenters. The van der Waals surface area contributed by atoms with Crippen molar-refractivity contribution in [2.24, 2.45) is 0 Å². The predicted octanol–water partition coefficient (Wildman–Crippen LogP) is 7.62. The Balaban J connectivity index is 1.56. The van der Waals surface area contributed by atoms with Gasteiger partial charge in [-0.15, -0.1) is 0 Å². The maximum atomic E-state index is 12.9. The molecule has 0 atom stereocenters. The van der Waals surface area contributed by atoms with Crippen LogP contribution in [0.4, 0.5) is 0 Å². The number of allylic oxidation sites excluding steroid dienone is 1. The number of rotatable bonds is 5. The van der Waals surface area contributed by atoms with Crippen molar-refractivity contribution < 1.29 is 14.3 Å². The van der Waals surface area contributed by atoms with Crippen LogP contribution in [0.1, 0.15) is 52.4 Å². The van der Waals surface area contributed by atoms with Gasteiger partial charge in [0.05, 0.1) is 5.56 Å². The summed E-state index contributed by atoms with van der Waals surface area (Å²) in [6.07, 6.45) is 1.77. The predicted molar refractivity (Wildman–Crippen MR) is 125 cm³/mol. The molecule has 0 saturated heterocycles. The average molecular weight is 453 g/mol. The van der Waals surface area contributed by atoms with Crippen molar-refractivity contribution in [3.8, 4) is 11.5 Å². The summed E-state index contributed by atoms with van der Waals surface area (Å²) >= 11 is 12.4. The lowest BCUT2D eigenvalue weighted by Gasteiger charge is -2.11. The number of ketones is 1. The van der Waals surface area contributed by atoms with Gasteiger partial charge in [0.15, 0.2) is 5.76 Å². The van der Waals surface area contributed by atoms with Crippen LogP contribution in [0.15, 0.2) is 60.4 Å². The molecule has 0 amide bonds. The second-order valence-corrected chi connectivity index (χ2v) is 8.68. The molecular formula is C26H22Cl2O3. The molecule has 1 aliphatic rings. The zero-order valence-electron chi connectivity index (χ0n) is 17.5. The summed E-state index contributed by atoms with van der Waals surface area (Å²) in [6.45, 7) is 6.39. The molecule has 0 bridgehead atoms. The van der Waals surface area contributed by atoms with Crippen molar-refractivity contribution in [1.29, 1.82) is 0 Å². The Morgan fingerprint density at radius 1 is 1.03 bits per heavy atom. The summed E-state index contributed by atoms with van der Waals surface area (Å²) in [6, 6.07) is 17.0. The van der Waals surface area contributed by atoms with E-state index >= 15 is 0 Å². The molecule has 3 nitrogen and oxygen atoms in total. The number of hydrogen-bond donors (Lipinski definition) is 0. The first-order chi connectivity index (χ1) is 14.8. The van der Waals surface area contributed by atoms with Crippen LogP contribution < -0.4 is 9.47 Å². The summed E-state index contributed by atoms with van der Waals surface area (Å²) in [5.41, 5.74) is 4.24. The van der Waals surface area contributed by atoms with E-state index in [9.17, 15) is 4.79 Å². The van der Waals surface area contributed by atoms with Gasteiger partial charge in [-0.2, -0.15) is 0 Å². The van der Waals surface area contributed by atoms with Crippen molar-refractivity contribution in [3.05, 3.63) is 98.2 Å². The molecular weight excluding hydrogens is 431 g/mol. The highest BCUT2D eigenvalue weighted by molar-refractivity contribution is 6.35. The summed E-state index contributed by atoms with van der Waals surface area (Å²) < 4.78 is 11.8. The normalized spacial score (nSPS) is 14.1. The maximum Gasteiger partial charge on any atom is 0.232 e. The molecule has 31 heavy (non-hydrogen) atoms. The molecule has 5 heteroatoms. The molecule has 4 rings (SSSR count). The van der Waals surface area contributed by atoms with Gasteiger partial charge in [-0.1, -0.05) is 67.4 Å². The molecule has 0 N–H and O–H groups in total. The third-order valence-corrected chi connectivity index (χ3v) is 6.00. The van der Waals surface area contributed by atoms with Crippen LogP contribution in [0, 0.1) is 6.92 Å². The minimum Gasteiger partial charge on any atom is -0.489 e. The lowest BCUT2D eigenvalue weighted by atomic mass is 10.0. The second-order valence-electron chi connectivity index (χ2n) is 7.86. The van der Waals surface area contributed by atoms with Gasteiger partial charge in [0, 0.05) is 21.7 Å². The van der Waals surface area contributed by atoms with E-state index in [1.807, 2.05) is 25.1 Å². The minimum atomic E-state index is -0.124. The Morgan fingerprint density at radius 3 is 2.35 bits per heavy atom. The lowest BCUT2D eigenvalue weighted by Crippen LogP contribution is -2.00. The van der Waals surface area contributed by atoms with E-state index in [1.165, 1.54) is 5.56 Å². The van der Waals surface area contributed by atoms with Crippen LogP contribution in [0.3, 0.4) is 0 Å². The number of halogens is 2. The van der Waals surface area contributed by atoms with Crippen molar-refractivity contribution in [2.45, 2.75) is 33.3 Å². The molecule has 1 heterocycles. The number of carbonyl (C=O) groups excluding carboxylic acids is 1. The SMILES string of the molecule is Cc1cc(OCc2c(Cl)cccc2Cl)cc2c1C(=O)/C(=C/c1ccc(C(C)C)cc1)O2. The topological polar surface area (TPSA) is 35.5 Å². The Bertz CT molecular complexity index is 1160. The highest BCUT2D eigenvalue weighted by Gasteiger charge is 2.30. The van der Waals surface area contributed by atoms with Gasteiger partial charge in [0.2, 0.25) is 5.78 Å². The highest BCUT2D eigenvalue weighted by Crippen LogP contribution is 2.38. The first-order valence-electron chi connectivity index (χ1n) is 10.1.